The number of nitrogens with zero attached hydrogens (tertiary/aromatic N) is 2. The first-order chi connectivity index (χ1) is 9.90. The third-order valence-electron chi connectivity index (χ3n) is 2.83. The Kier molecular flexibility index (Phi) is 4.59. The van der Waals surface area contributed by atoms with E-state index >= 15 is 0 Å². The van der Waals surface area contributed by atoms with Gasteiger partial charge in [0.25, 0.3) is 10.0 Å². The quantitative estimate of drug-likeness (QED) is 0.787. The first kappa shape index (κ1) is 15.5. The van der Waals surface area contributed by atoms with E-state index < -0.39 is 10.0 Å². The zero-order chi connectivity index (χ0) is 15.5. The number of hydrogen-bond acceptors (Lipinski definition) is 4. The van der Waals surface area contributed by atoms with Crippen LogP contribution in [0.4, 0.5) is 5.69 Å². The standard InChI is InChI=1S/C13H16N4O2S2/c1-2-17-8-13(15-9-17)21(18,19)16-11-5-3-10(4-6-11)7-12(14)20/h3-6,8-9,16H,2,7H2,1H3,(H2,14,20). The molecule has 1 aromatic carbocycles. The molecule has 0 saturated carbocycles. The molecule has 112 valence electrons. The highest BCUT2D eigenvalue weighted by Gasteiger charge is 2.17. The van der Waals surface area contributed by atoms with Gasteiger partial charge in [-0.05, 0) is 24.6 Å². The zero-order valence-electron chi connectivity index (χ0n) is 11.5. The predicted molar refractivity (Wildman–Crippen MR) is 85.6 cm³/mol. The van der Waals surface area contributed by atoms with E-state index in [-0.39, 0.29) is 5.03 Å². The minimum Gasteiger partial charge on any atom is -0.393 e. The van der Waals surface area contributed by atoms with Gasteiger partial charge in [-0.1, -0.05) is 24.4 Å². The summed E-state index contributed by atoms with van der Waals surface area (Å²) in [6.07, 6.45) is 3.46. The topological polar surface area (TPSA) is 90.0 Å². The molecule has 21 heavy (non-hydrogen) atoms. The highest BCUT2D eigenvalue weighted by atomic mass is 32.2. The van der Waals surface area contributed by atoms with Crippen LogP contribution in [-0.4, -0.2) is 23.0 Å². The zero-order valence-corrected chi connectivity index (χ0v) is 13.1. The second-order valence-corrected chi connectivity index (χ2v) is 6.64. The minimum atomic E-state index is -3.67. The van der Waals surface area contributed by atoms with Gasteiger partial charge in [-0.3, -0.25) is 4.72 Å². The number of sulfonamides is 1. The third kappa shape index (κ3) is 4.02. The van der Waals surface area contributed by atoms with Crippen LogP contribution in [0.25, 0.3) is 0 Å². The number of anilines is 1. The van der Waals surface area contributed by atoms with Gasteiger partial charge in [0.1, 0.15) is 0 Å². The molecule has 8 heteroatoms. The van der Waals surface area contributed by atoms with Gasteiger partial charge in [-0.15, -0.1) is 0 Å². The maximum Gasteiger partial charge on any atom is 0.280 e. The lowest BCUT2D eigenvalue weighted by Gasteiger charge is -2.06. The Morgan fingerprint density at radius 1 is 1.38 bits per heavy atom. The van der Waals surface area contributed by atoms with Crippen molar-refractivity contribution in [3.63, 3.8) is 0 Å². The summed E-state index contributed by atoms with van der Waals surface area (Å²) in [6.45, 7) is 2.57. The summed E-state index contributed by atoms with van der Waals surface area (Å²) in [4.78, 5) is 4.29. The van der Waals surface area contributed by atoms with E-state index in [1.54, 1.807) is 28.8 Å². The van der Waals surface area contributed by atoms with E-state index in [4.69, 9.17) is 18.0 Å². The van der Waals surface area contributed by atoms with Crippen LogP contribution >= 0.6 is 12.2 Å². The van der Waals surface area contributed by atoms with Gasteiger partial charge in [0.15, 0.2) is 5.03 Å². The lowest BCUT2D eigenvalue weighted by atomic mass is 10.1. The Labute approximate surface area is 129 Å². The monoisotopic (exact) mass is 324 g/mol. The fraction of sp³-hybridized carbons (Fsp3) is 0.231. The van der Waals surface area contributed by atoms with E-state index in [1.807, 2.05) is 6.92 Å². The normalized spacial score (nSPS) is 11.3. The van der Waals surface area contributed by atoms with Crippen LogP contribution in [0.15, 0.2) is 41.8 Å². The van der Waals surface area contributed by atoms with E-state index in [9.17, 15) is 8.42 Å². The Balaban J connectivity index is 2.14. The second-order valence-electron chi connectivity index (χ2n) is 4.49. The van der Waals surface area contributed by atoms with E-state index in [0.29, 0.717) is 23.6 Å². The summed E-state index contributed by atoms with van der Waals surface area (Å²) in [7, 11) is -3.67. The molecule has 6 nitrogen and oxygen atoms in total. The molecule has 0 radical (unpaired) electrons. The molecule has 3 N–H and O–H groups in total. The van der Waals surface area contributed by atoms with Crippen LogP contribution in [0.5, 0.6) is 0 Å². The van der Waals surface area contributed by atoms with E-state index in [0.717, 1.165) is 5.56 Å². The molecule has 1 heterocycles. The number of benzene rings is 1. The molecule has 0 aliphatic carbocycles. The fourth-order valence-electron chi connectivity index (χ4n) is 1.75. The summed E-state index contributed by atoms with van der Waals surface area (Å²) < 4.78 is 28.5. The highest BCUT2D eigenvalue weighted by molar-refractivity contribution is 7.92. The van der Waals surface area contributed by atoms with Crippen molar-refractivity contribution in [2.24, 2.45) is 5.73 Å². The molecule has 0 aliphatic heterocycles. The summed E-state index contributed by atoms with van der Waals surface area (Å²) in [5, 5.41) is -0.00318. The average molecular weight is 324 g/mol. The fourth-order valence-corrected chi connectivity index (χ4v) is 2.93. The molecule has 0 amide bonds. The number of rotatable bonds is 6. The van der Waals surface area contributed by atoms with Gasteiger partial charge in [0.05, 0.1) is 11.3 Å². The van der Waals surface area contributed by atoms with E-state index in [1.165, 1.54) is 12.5 Å². The van der Waals surface area contributed by atoms with Gasteiger partial charge in [0.2, 0.25) is 0 Å². The number of aryl methyl sites for hydroxylation is 1. The Bertz CT molecular complexity index is 736. The van der Waals surface area contributed by atoms with Crippen molar-refractivity contribution in [3.05, 3.63) is 42.4 Å². The van der Waals surface area contributed by atoms with Crippen LogP contribution in [0.1, 0.15) is 12.5 Å². The molecule has 0 unspecified atom stereocenters. The van der Waals surface area contributed by atoms with Crippen molar-refractivity contribution in [2.75, 3.05) is 4.72 Å². The van der Waals surface area contributed by atoms with Gasteiger partial charge in [-0.2, -0.15) is 8.42 Å². The molecule has 0 aliphatic rings. The number of imidazole rings is 1. The van der Waals surface area contributed by atoms with Crippen LogP contribution < -0.4 is 10.5 Å². The smallest absolute Gasteiger partial charge is 0.280 e. The molecule has 0 atom stereocenters. The molecule has 0 spiro atoms. The molecule has 0 fully saturated rings. The number of nitrogens with one attached hydrogen (secondary N) is 1. The molecule has 2 rings (SSSR count). The first-order valence-corrected chi connectivity index (χ1v) is 8.21. The number of thiocarbonyl (C=S) groups is 1. The van der Waals surface area contributed by atoms with Gasteiger partial charge >= 0.3 is 0 Å². The Morgan fingerprint density at radius 2 is 2.05 bits per heavy atom. The van der Waals surface area contributed by atoms with Crippen molar-refractivity contribution in [1.82, 2.24) is 9.55 Å². The summed E-state index contributed by atoms with van der Waals surface area (Å²) in [6, 6.07) is 6.90. The number of hydrogen-bond donors (Lipinski definition) is 2. The largest absolute Gasteiger partial charge is 0.393 e. The molecule has 2 aromatic rings. The van der Waals surface area contributed by atoms with Gasteiger partial charge < -0.3 is 10.3 Å². The summed E-state index contributed by atoms with van der Waals surface area (Å²) >= 11 is 4.83. The number of nitrogens with two attached hydrogens (primary N) is 1. The summed E-state index contributed by atoms with van der Waals surface area (Å²) in [5.74, 6) is 0. The van der Waals surface area contributed by atoms with Gasteiger partial charge in [0, 0.05) is 24.8 Å². The Morgan fingerprint density at radius 3 is 2.57 bits per heavy atom. The maximum atomic E-state index is 12.2. The van der Waals surface area contributed by atoms with Crippen molar-refractivity contribution in [3.8, 4) is 0 Å². The van der Waals surface area contributed by atoms with Crippen LogP contribution in [0.2, 0.25) is 0 Å². The van der Waals surface area contributed by atoms with E-state index in [2.05, 4.69) is 9.71 Å². The Hall–Kier alpha value is -1.93. The summed E-state index contributed by atoms with van der Waals surface area (Å²) in [5.41, 5.74) is 6.86. The van der Waals surface area contributed by atoms with Crippen LogP contribution in [-0.2, 0) is 23.0 Å². The SMILES string of the molecule is CCn1cnc(S(=O)(=O)Nc2ccc(CC(N)=S)cc2)c1. The predicted octanol–water partition coefficient (Wildman–Crippen LogP) is 1.53. The first-order valence-electron chi connectivity index (χ1n) is 6.32. The molecule has 0 bridgehead atoms. The third-order valence-corrected chi connectivity index (χ3v) is 4.24. The van der Waals surface area contributed by atoms with Crippen molar-refractivity contribution < 1.29 is 8.42 Å². The minimum absolute atomic E-state index is 0.00318. The van der Waals surface area contributed by atoms with Crippen molar-refractivity contribution in [1.29, 1.82) is 0 Å². The van der Waals surface area contributed by atoms with Crippen LogP contribution in [0.3, 0.4) is 0 Å². The number of aromatic nitrogens is 2. The maximum absolute atomic E-state index is 12.2. The van der Waals surface area contributed by atoms with Crippen molar-refractivity contribution in [2.45, 2.75) is 24.9 Å². The second kappa shape index (κ2) is 6.23. The molecule has 0 saturated heterocycles. The van der Waals surface area contributed by atoms with Crippen LogP contribution in [0, 0.1) is 0 Å². The lowest BCUT2D eigenvalue weighted by molar-refractivity contribution is 0.598. The highest BCUT2D eigenvalue weighted by Crippen LogP contribution is 2.15. The molecular formula is C13H16N4O2S2. The average Bonchev–Trinajstić information content (AvgIpc) is 2.90. The van der Waals surface area contributed by atoms with Gasteiger partial charge in [-0.25, -0.2) is 4.98 Å². The molecular weight excluding hydrogens is 308 g/mol. The lowest BCUT2D eigenvalue weighted by Crippen LogP contribution is -2.14. The molecule has 1 aromatic heterocycles. The van der Waals surface area contributed by atoms with Crippen molar-refractivity contribution >= 4 is 32.9 Å².